The van der Waals surface area contributed by atoms with E-state index in [1.54, 1.807) is 0 Å². The number of nitrogens with zero attached hydrogens (tertiary/aromatic N) is 2. The van der Waals surface area contributed by atoms with E-state index in [9.17, 15) is 10.2 Å². The molecule has 0 spiro atoms. The first kappa shape index (κ1) is 12.3. The molecule has 3 heterocycles. The van der Waals surface area contributed by atoms with Crippen molar-refractivity contribution in [2.75, 3.05) is 12.3 Å². The van der Waals surface area contributed by atoms with Crippen LogP contribution in [0.2, 0.25) is 0 Å². The van der Waals surface area contributed by atoms with Gasteiger partial charge in [0.25, 0.3) is 0 Å². The first-order chi connectivity index (χ1) is 9.13. The number of aliphatic hydroxyl groups excluding tert-OH is 2. The van der Waals surface area contributed by atoms with E-state index in [0.717, 1.165) is 11.1 Å². The average molecular weight is 263 g/mol. The normalized spacial score (nSPS) is 31.1. The SMILES string of the molecule is CC1C(c2c[nH]c3c(N)ncnc23)NC(CO)C1O. The summed E-state index contributed by atoms with van der Waals surface area (Å²) in [4.78, 5) is 11.3. The molecule has 1 aliphatic rings. The largest absolute Gasteiger partial charge is 0.395 e. The Balaban J connectivity index is 2.04. The molecule has 0 saturated carbocycles. The molecule has 3 rings (SSSR count). The number of anilines is 1. The van der Waals surface area contributed by atoms with Gasteiger partial charge in [-0.05, 0) is 0 Å². The molecule has 2 aromatic rings. The van der Waals surface area contributed by atoms with Gasteiger partial charge in [-0.2, -0.15) is 0 Å². The number of aromatic amines is 1. The Morgan fingerprint density at radius 3 is 2.89 bits per heavy atom. The third-order valence-corrected chi connectivity index (χ3v) is 3.92. The molecule has 4 atom stereocenters. The van der Waals surface area contributed by atoms with Crippen LogP contribution in [0.25, 0.3) is 11.0 Å². The maximum atomic E-state index is 10.1. The van der Waals surface area contributed by atoms with Gasteiger partial charge in [-0.15, -0.1) is 0 Å². The number of hydrogen-bond donors (Lipinski definition) is 5. The first-order valence-electron chi connectivity index (χ1n) is 6.26. The van der Waals surface area contributed by atoms with Gasteiger partial charge in [0.1, 0.15) is 11.8 Å². The summed E-state index contributed by atoms with van der Waals surface area (Å²) < 4.78 is 0. The van der Waals surface area contributed by atoms with Crippen molar-refractivity contribution >= 4 is 16.9 Å². The number of fused-ring (bicyclic) bond motifs is 1. The third-order valence-electron chi connectivity index (χ3n) is 3.92. The van der Waals surface area contributed by atoms with Gasteiger partial charge in [-0.3, -0.25) is 0 Å². The molecule has 1 saturated heterocycles. The molecule has 0 radical (unpaired) electrons. The van der Waals surface area contributed by atoms with Gasteiger partial charge in [-0.1, -0.05) is 6.92 Å². The van der Waals surface area contributed by atoms with E-state index in [1.165, 1.54) is 6.33 Å². The van der Waals surface area contributed by atoms with Gasteiger partial charge in [0.05, 0.1) is 24.3 Å². The zero-order chi connectivity index (χ0) is 13.6. The van der Waals surface area contributed by atoms with Crippen LogP contribution < -0.4 is 11.1 Å². The monoisotopic (exact) mass is 263 g/mol. The molecule has 7 nitrogen and oxygen atoms in total. The minimum atomic E-state index is -0.584. The van der Waals surface area contributed by atoms with Crippen LogP contribution in [0.4, 0.5) is 5.82 Å². The van der Waals surface area contributed by atoms with E-state index >= 15 is 0 Å². The number of rotatable bonds is 2. The lowest BCUT2D eigenvalue weighted by Crippen LogP contribution is -2.34. The minimum Gasteiger partial charge on any atom is -0.395 e. The molecular weight excluding hydrogens is 246 g/mol. The van der Waals surface area contributed by atoms with Crippen molar-refractivity contribution in [1.82, 2.24) is 20.3 Å². The molecule has 0 amide bonds. The molecule has 4 unspecified atom stereocenters. The van der Waals surface area contributed by atoms with Crippen LogP contribution in [-0.4, -0.2) is 43.9 Å². The maximum Gasteiger partial charge on any atom is 0.151 e. The Bertz CT molecular complexity index is 599. The van der Waals surface area contributed by atoms with Crippen LogP contribution in [0.3, 0.4) is 0 Å². The lowest BCUT2D eigenvalue weighted by molar-refractivity contribution is 0.0933. The average Bonchev–Trinajstić information content (AvgIpc) is 2.94. The van der Waals surface area contributed by atoms with Crippen LogP contribution in [-0.2, 0) is 0 Å². The van der Waals surface area contributed by atoms with E-state index in [4.69, 9.17) is 5.73 Å². The Morgan fingerprint density at radius 2 is 2.21 bits per heavy atom. The fourth-order valence-corrected chi connectivity index (χ4v) is 2.79. The summed E-state index contributed by atoms with van der Waals surface area (Å²) in [6, 6.07) is -0.390. The second-order valence-corrected chi connectivity index (χ2v) is 5.01. The van der Waals surface area contributed by atoms with Gasteiger partial charge < -0.3 is 26.2 Å². The third kappa shape index (κ3) is 1.78. The van der Waals surface area contributed by atoms with Gasteiger partial charge in [0.2, 0.25) is 0 Å². The van der Waals surface area contributed by atoms with Crippen molar-refractivity contribution in [3.8, 4) is 0 Å². The molecule has 102 valence electrons. The van der Waals surface area contributed by atoms with Crippen LogP contribution in [0.1, 0.15) is 18.5 Å². The quantitative estimate of drug-likeness (QED) is 0.500. The zero-order valence-corrected chi connectivity index (χ0v) is 10.5. The standard InChI is InChI=1S/C12H17N5O2/c1-5-8(17-7(3-18)11(5)19)6-2-14-10-9(6)15-4-16-12(10)13/h2,4-5,7-8,11,14,17-19H,3H2,1H3,(H2,13,15,16). The highest BCUT2D eigenvalue weighted by atomic mass is 16.3. The molecular formula is C12H17N5O2. The van der Waals surface area contributed by atoms with E-state index in [-0.39, 0.29) is 24.6 Å². The number of nitrogens with two attached hydrogens (primary N) is 1. The highest BCUT2D eigenvalue weighted by Gasteiger charge is 2.40. The molecule has 6 N–H and O–H groups in total. The molecule has 7 heteroatoms. The lowest BCUT2D eigenvalue weighted by Gasteiger charge is -2.15. The number of aliphatic hydroxyl groups is 2. The predicted molar refractivity (Wildman–Crippen MR) is 70.2 cm³/mol. The van der Waals surface area contributed by atoms with E-state index in [0.29, 0.717) is 11.3 Å². The van der Waals surface area contributed by atoms with Crippen molar-refractivity contribution in [2.24, 2.45) is 5.92 Å². The number of aromatic nitrogens is 3. The summed E-state index contributed by atoms with van der Waals surface area (Å²) in [5, 5.41) is 22.5. The van der Waals surface area contributed by atoms with Crippen LogP contribution in [0, 0.1) is 5.92 Å². The molecule has 0 bridgehead atoms. The Hall–Kier alpha value is -1.70. The Kier molecular flexibility index (Phi) is 2.89. The van der Waals surface area contributed by atoms with Crippen molar-refractivity contribution in [2.45, 2.75) is 25.1 Å². The lowest BCUT2D eigenvalue weighted by atomic mass is 9.94. The predicted octanol–water partition coefficient (Wildman–Crippen LogP) is -0.458. The van der Waals surface area contributed by atoms with Gasteiger partial charge >= 0.3 is 0 Å². The van der Waals surface area contributed by atoms with E-state index in [2.05, 4.69) is 20.3 Å². The Labute approximate surface area is 109 Å². The van der Waals surface area contributed by atoms with Gasteiger partial charge in [0, 0.05) is 23.7 Å². The number of nitrogen functional groups attached to an aromatic ring is 1. The number of hydrogen-bond acceptors (Lipinski definition) is 6. The topological polar surface area (TPSA) is 120 Å². The fourth-order valence-electron chi connectivity index (χ4n) is 2.79. The minimum absolute atomic E-state index is 0.0210. The van der Waals surface area contributed by atoms with Crippen LogP contribution in [0.5, 0.6) is 0 Å². The first-order valence-corrected chi connectivity index (χ1v) is 6.26. The van der Waals surface area contributed by atoms with Crippen LogP contribution in [0.15, 0.2) is 12.5 Å². The van der Waals surface area contributed by atoms with Crippen molar-refractivity contribution in [3.05, 3.63) is 18.1 Å². The summed E-state index contributed by atoms with van der Waals surface area (Å²) in [6.45, 7) is 1.85. The molecule has 0 aliphatic carbocycles. The number of H-pyrrole nitrogens is 1. The van der Waals surface area contributed by atoms with Crippen molar-refractivity contribution < 1.29 is 10.2 Å². The molecule has 19 heavy (non-hydrogen) atoms. The molecule has 2 aromatic heterocycles. The highest BCUT2D eigenvalue weighted by molar-refractivity contribution is 5.87. The highest BCUT2D eigenvalue weighted by Crippen LogP contribution is 2.36. The second kappa shape index (κ2) is 4.44. The van der Waals surface area contributed by atoms with Gasteiger partial charge in [-0.25, -0.2) is 9.97 Å². The summed E-state index contributed by atoms with van der Waals surface area (Å²) in [5.74, 6) is 0.383. The molecule has 0 aromatic carbocycles. The second-order valence-electron chi connectivity index (χ2n) is 5.01. The smallest absolute Gasteiger partial charge is 0.151 e. The Morgan fingerprint density at radius 1 is 1.42 bits per heavy atom. The van der Waals surface area contributed by atoms with Crippen molar-refractivity contribution in [1.29, 1.82) is 0 Å². The van der Waals surface area contributed by atoms with E-state index < -0.39 is 6.10 Å². The van der Waals surface area contributed by atoms with Crippen molar-refractivity contribution in [3.63, 3.8) is 0 Å². The molecule has 1 aliphatic heterocycles. The van der Waals surface area contributed by atoms with Gasteiger partial charge in [0.15, 0.2) is 5.82 Å². The summed E-state index contributed by atoms with van der Waals surface area (Å²) in [6.07, 6.45) is 2.67. The van der Waals surface area contributed by atoms with Crippen LogP contribution >= 0.6 is 0 Å². The summed E-state index contributed by atoms with van der Waals surface area (Å²) in [7, 11) is 0. The van der Waals surface area contributed by atoms with E-state index in [1.807, 2.05) is 13.1 Å². The summed E-state index contributed by atoms with van der Waals surface area (Å²) in [5.41, 5.74) is 8.18. The zero-order valence-electron chi connectivity index (χ0n) is 10.5. The number of nitrogens with one attached hydrogen (secondary N) is 2. The maximum absolute atomic E-state index is 10.1. The molecule has 1 fully saturated rings. The summed E-state index contributed by atoms with van der Waals surface area (Å²) >= 11 is 0. The fraction of sp³-hybridized carbons (Fsp3) is 0.500.